The van der Waals surface area contributed by atoms with E-state index in [1.54, 1.807) is 18.2 Å². The second-order valence-corrected chi connectivity index (χ2v) is 2.57. The summed E-state index contributed by atoms with van der Waals surface area (Å²) < 4.78 is 4.98. The number of ether oxygens (including phenoxy) is 1. The Bertz CT molecular complexity index is 352. The van der Waals surface area contributed by atoms with Crippen LogP contribution in [0.15, 0.2) is 18.2 Å². The highest BCUT2D eigenvalue weighted by Gasteiger charge is 1.99. The largest absolute Gasteiger partial charge is 0.497 e. The third kappa shape index (κ3) is 2.31. The van der Waals surface area contributed by atoms with E-state index < -0.39 is 0 Å². The number of aldehydes is 1. The van der Waals surface area contributed by atoms with Gasteiger partial charge in [0.2, 0.25) is 0 Å². The Kier molecular flexibility index (Phi) is 3.04. The van der Waals surface area contributed by atoms with Crippen LogP contribution in [-0.2, 0) is 6.42 Å². The van der Waals surface area contributed by atoms with Crippen LogP contribution in [0, 0.1) is 11.3 Å². The third-order valence-electron chi connectivity index (χ3n) is 1.64. The number of hydrogen-bond acceptors (Lipinski definition) is 3. The molecule has 0 amide bonds. The van der Waals surface area contributed by atoms with Crippen molar-refractivity contribution in [2.75, 3.05) is 7.11 Å². The van der Waals surface area contributed by atoms with Crippen molar-refractivity contribution in [3.8, 4) is 11.8 Å². The van der Waals surface area contributed by atoms with Crippen molar-refractivity contribution >= 4 is 6.29 Å². The number of nitriles is 1. The molecule has 1 aromatic carbocycles. The van der Waals surface area contributed by atoms with E-state index in [1.807, 2.05) is 6.07 Å². The molecule has 0 heterocycles. The summed E-state index contributed by atoms with van der Waals surface area (Å²) in [7, 11) is 1.53. The van der Waals surface area contributed by atoms with Crippen molar-refractivity contribution < 1.29 is 9.53 Å². The SMILES string of the molecule is COc1cc(C=O)cc(CC#N)c1. The molecule has 0 saturated heterocycles. The molecule has 0 aliphatic carbocycles. The number of hydrogen-bond donors (Lipinski definition) is 0. The first-order chi connectivity index (χ1) is 6.30. The van der Waals surface area contributed by atoms with Gasteiger partial charge in [0.05, 0.1) is 19.6 Å². The lowest BCUT2D eigenvalue weighted by Gasteiger charge is -2.02. The third-order valence-corrected chi connectivity index (χ3v) is 1.64. The number of rotatable bonds is 3. The normalized spacial score (nSPS) is 8.92. The molecule has 1 aromatic rings. The highest BCUT2D eigenvalue weighted by molar-refractivity contribution is 5.76. The molecule has 0 spiro atoms. The zero-order chi connectivity index (χ0) is 9.68. The molecular formula is C10H9NO2. The lowest BCUT2D eigenvalue weighted by atomic mass is 10.1. The number of nitrogens with zero attached hydrogens (tertiary/aromatic N) is 1. The lowest BCUT2D eigenvalue weighted by Crippen LogP contribution is -1.90. The Labute approximate surface area is 76.6 Å². The van der Waals surface area contributed by atoms with Crippen LogP contribution in [0.3, 0.4) is 0 Å². The fraction of sp³-hybridized carbons (Fsp3) is 0.200. The smallest absolute Gasteiger partial charge is 0.150 e. The van der Waals surface area contributed by atoms with Gasteiger partial charge in [-0.1, -0.05) is 0 Å². The fourth-order valence-corrected chi connectivity index (χ4v) is 1.07. The summed E-state index contributed by atoms with van der Waals surface area (Å²) in [5.41, 5.74) is 1.33. The van der Waals surface area contributed by atoms with Gasteiger partial charge >= 0.3 is 0 Å². The molecule has 0 bridgehead atoms. The van der Waals surface area contributed by atoms with Crippen LogP contribution in [0.4, 0.5) is 0 Å². The Balaban J connectivity index is 3.08. The quantitative estimate of drug-likeness (QED) is 0.655. The minimum atomic E-state index is 0.290. The summed E-state index contributed by atoms with van der Waals surface area (Å²) in [6.45, 7) is 0. The molecule has 0 fully saturated rings. The van der Waals surface area contributed by atoms with Gasteiger partial charge in [0.25, 0.3) is 0 Å². The van der Waals surface area contributed by atoms with Crippen molar-refractivity contribution in [2.45, 2.75) is 6.42 Å². The van der Waals surface area contributed by atoms with Crippen LogP contribution < -0.4 is 4.74 Å². The fourth-order valence-electron chi connectivity index (χ4n) is 1.07. The van der Waals surface area contributed by atoms with Crippen LogP contribution in [0.1, 0.15) is 15.9 Å². The predicted molar refractivity (Wildman–Crippen MR) is 47.7 cm³/mol. The van der Waals surface area contributed by atoms with E-state index in [2.05, 4.69) is 0 Å². The van der Waals surface area contributed by atoms with E-state index in [0.29, 0.717) is 11.3 Å². The first-order valence-electron chi connectivity index (χ1n) is 3.80. The summed E-state index contributed by atoms with van der Waals surface area (Å²) in [5, 5.41) is 8.47. The van der Waals surface area contributed by atoms with Gasteiger partial charge in [-0.25, -0.2) is 0 Å². The number of carbonyl (C=O) groups excluding carboxylic acids is 1. The Hall–Kier alpha value is -1.82. The average Bonchev–Trinajstić information content (AvgIpc) is 2.17. The van der Waals surface area contributed by atoms with Gasteiger partial charge < -0.3 is 4.74 Å². The Morgan fingerprint density at radius 2 is 2.31 bits per heavy atom. The van der Waals surface area contributed by atoms with Gasteiger partial charge in [-0.2, -0.15) is 5.26 Å². The Morgan fingerprint density at radius 3 is 2.85 bits per heavy atom. The molecular weight excluding hydrogens is 166 g/mol. The molecule has 0 radical (unpaired) electrons. The molecule has 0 aliphatic heterocycles. The van der Waals surface area contributed by atoms with Crippen LogP contribution >= 0.6 is 0 Å². The molecule has 3 nitrogen and oxygen atoms in total. The minimum absolute atomic E-state index is 0.290. The second kappa shape index (κ2) is 4.27. The van der Waals surface area contributed by atoms with Crippen LogP contribution in [0.2, 0.25) is 0 Å². The molecule has 0 unspecified atom stereocenters. The van der Waals surface area contributed by atoms with Gasteiger partial charge in [-0.05, 0) is 23.8 Å². The topological polar surface area (TPSA) is 50.1 Å². The maximum Gasteiger partial charge on any atom is 0.150 e. The maximum atomic E-state index is 10.5. The van der Waals surface area contributed by atoms with E-state index in [0.717, 1.165) is 11.8 Å². The Morgan fingerprint density at radius 1 is 1.54 bits per heavy atom. The molecule has 1 rings (SSSR count). The van der Waals surface area contributed by atoms with Gasteiger partial charge in [0.1, 0.15) is 12.0 Å². The monoisotopic (exact) mass is 175 g/mol. The van der Waals surface area contributed by atoms with Crippen molar-refractivity contribution in [3.63, 3.8) is 0 Å². The zero-order valence-electron chi connectivity index (χ0n) is 7.28. The summed E-state index contributed by atoms with van der Waals surface area (Å²) in [6, 6.07) is 7.07. The lowest BCUT2D eigenvalue weighted by molar-refractivity contribution is 0.112. The molecule has 13 heavy (non-hydrogen) atoms. The van der Waals surface area contributed by atoms with E-state index in [9.17, 15) is 4.79 Å². The van der Waals surface area contributed by atoms with E-state index >= 15 is 0 Å². The first-order valence-corrected chi connectivity index (χ1v) is 3.80. The maximum absolute atomic E-state index is 10.5. The van der Waals surface area contributed by atoms with Crippen LogP contribution in [-0.4, -0.2) is 13.4 Å². The van der Waals surface area contributed by atoms with Crippen LogP contribution in [0.5, 0.6) is 5.75 Å². The van der Waals surface area contributed by atoms with Crippen molar-refractivity contribution in [3.05, 3.63) is 29.3 Å². The molecule has 0 saturated carbocycles. The van der Waals surface area contributed by atoms with Crippen molar-refractivity contribution in [1.82, 2.24) is 0 Å². The number of methoxy groups -OCH3 is 1. The molecule has 66 valence electrons. The summed E-state index contributed by atoms with van der Waals surface area (Å²) in [5.74, 6) is 0.606. The standard InChI is InChI=1S/C10H9NO2/c1-13-10-5-8(2-3-11)4-9(6-10)7-12/h4-7H,2H2,1H3. The number of benzene rings is 1. The van der Waals surface area contributed by atoms with Gasteiger partial charge in [-0.15, -0.1) is 0 Å². The zero-order valence-corrected chi connectivity index (χ0v) is 7.28. The second-order valence-electron chi connectivity index (χ2n) is 2.57. The molecule has 0 N–H and O–H groups in total. The van der Waals surface area contributed by atoms with E-state index in [4.69, 9.17) is 10.00 Å². The van der Waals surface area contributed by atoms with E-state index in [-0.39, 0.29) is 6.42 Å². The summed E-state index contributed by atoms with van der Waals surface area (Å²) in [6.07, 6.45) is 1.03. The van der Waals surface area contributed by atoms with E-state index in [1.165, 1.54) is 7.11 Å². The minimum Gasteiger partial charge on any atom is -0.497 e. The molecule has 0 atom stereocenters. The van der Waals surface area contributed by atoms with Gasteiger partial charge in [-0.3, -0.25) is 4.79 Å². The summed E-state index contributed by atoms with van der Waals surface area (Å²) in [4.78, 5) is 10.5. The number of carbonyl (C=O) groups is 1. The predicted octanol–water partition coefficient (Wildman–Crippen LogP) is 1.57. The van der Waals surface area contributed by atoms with Gasteiger partial charge in [0.15, 0.2) is 0 Å². The van der Waals surface area contributed by atoms with Crippen molar-refractivity contribution in [1.29, 1.82) is 5.26 Å². The average molecular weight is 175 g/mol. The first kappa shape index (κ1) is 9.27. The van der Waals surface area contributed by atoms with Crippen LogP contribution in [0.25, 0.3) is 0 Å². The molecule has 0 aliphatic rings. The highest BCUT2D eigenvalue weighted by atomic mass is 16.5. The molecule has 0 aromatic heterocycles. The van der Waals surface area contributed by atoms with Crippen molar-refractivity contribution in [2.24, 2.45) is 0 Å². The van der Waals surface area contributed by atoms with Gasteiger partial charge in [0, 0.05) is 5.56 Å². The summed E-state index contributed by atoms with van der Waals surface area (Å²) >= 11 is 0. The molecule has 3 heteroatoms. The highest BCUT2D eigenvalue weighted by Crippen LogP contribution is 2.15.